The van der Waals surface area contributed by atoms with Gasteiger partial charge in [0.05, 0.1) is 28.7 Å². The van der Waals surface area contributed by atoms with Gasteiger partial charge in [0.2, 0.25) is 0 Å². The molecule has 6 nitrogen and oxygen atoms in total. The molecule has 34 heavy (non-hydrogen) atoms. The monoisotopic (exact) mass is 485 g/mol. The van der Waals surface area contributed by atoms with Crippen molar-refractivity contribution in [3.63, 3.8) is 0 Å². The summed E-state index contributed by atoms with van der Waals surface area (Å²) in [6, 6.07) is 8.63. The zero-order chi connectivity index (χ0) is 26.0. The molecule has 0 heterocycles. The topological polar surface area (TPSA) is 115 Å². The molecule has 0 aromatic heterocycles. The minimum atomic E-state index is -3.98. The summed E-state index contributed by atoms with van der Waals surface area (Å²) in [6.45, 7) is 12.2. The zero-order valence-electron chi connectivity index (χ0n) is 21.1. The minimum absolute atomic E-state index is 0.0223. The Balaban J connectivity index is 2.47. The summed E-state index contributed by atoms with van der Waals surface area (Å²) in [4.78, 5) is 13.0. The number of nitriles is 1. The first-order valence-corrected chi connectivity index (χ1v) is 13.1. The van der Waals surface area contributed by atoms with Crippen LogP contribution in [0.25, 0.3) is 0 Å². The quantitative estimate of drug-likeness (QED) is 0.543. The lowest BCUT2D eigenvalue weighted by atomic mass is 9.85. The van der Waals surface area contributed by atoms with Gasteiger partial charge < -0.3 is 10.2 Å². The van der Waals surface area contributed by atoms with Gasteiger partial charge in [-0.15, -0.1) is 0 Å². The summed E-state index contributed by atoms with van der Waals surface area (Å²) < 4.78 is 26.4. The Morgan fingerprint density at radius 1 is 1.06 bits per heavy atom. The number of nitrogens with zero attached hydrogens (tertiary/aromatic N) is 1. The lowest BCUT2D eigenvalue weighted by Crippen LogP contribution is -2.23. The summed E-state index contributed by atoms with van der Waals surface area (Å²) in [7, 11) is -3.98. The van der Waals surface area contributed by atoms with E-state index in [0.717, 1.165) is 16.7 Å². The Morgan fingerprint density at radius 2 is 1.59 bits per heavy atom. The summed E-state index contributed by atoms with van der Waals surface area (Å²) in [5.41, 5.74) is 2.97. The summed E-state index contributed by atoms with van der Waals surface area (Å²) in [5, 5.41) is 29.5. The van der Waals surface area contributed by atoms with E-state index in [0.29, 0.717) is 22.3 Å². The Labute approximate surface area is 203 Å². The Morgan fingerprint density at radius 3 is 2.00 bits per heavy atom. The number of aliphatic hydroxyl groups excluding tert-OH is 1. The fraction of sp³-hybridized carbons (Fsp3) is 0.481. The van der Waals surface area contributed by atoms with E-state index >= 15 is 0 Å². The summed E-state index contributed by atoms with van der Waals surface area (Å²) in [6.07, 6.45) is -0.0420. The van der Waals surface area contributed by atoms with Crippen LogP contribution in [0, 0.1) is 18.3 Å². The first kappa shape index (κ1) is 27.7. The van der Waals surface area contributed by atoms with Crippen molar-refractivity contribution in [1.82, 2.24) is 0 Å². The molecule has 0 aliphatic carbocycles. The first-order valence-electron chi connectivity index (χ1n) is 11.4. The molecule has 2 aromatic rings. The zero-order valence-corrected chi connectivity index (χ0v) is 21.9. The van der Waals surface area contributed by atoms with Gasteiger partial charge in [0, 0.05) is 6.42 Å². The number of ketones is 1. The number of hydrogen-bond acceptors (Lipinski definition) is 6. The molecule has 184 valence electrons. The number of carbonyl (C=O) groups excluding carboxylic acids is 1. The molecule has 0 saturated carbocycles. The third-order valence-electron chi connectivity index (χ3n) is 5.98. The standard InChI is InChI=1S/C27H35NO5S/c1-16(2)22-9-19(13-28)10-23(17(3)4)24(22)12-21(30)15-34(32,33)26-11-20(14-29)25(8-18(26)5)27(6,7)31/h8-11,16-17,29,31H,12,14-15H2,1-7H3. The van der Waals surface area contributed by atoms with E-state index in [4.69, 9.17) is 0 Å². The van der Waals surface area contributed by atoms with E-state index in [9.17, 15) is 28.7 Å². The van der Waals surface area contributed by atoms with Crippen LogP contribution in [0.3, 0.4) is 0 Å². The fourth-order valence-electron chi connectivity index (χ4n) is 4.32. The van der Waals surface area contributed by atoms with Crippen LogP contribution in [-0.2, 0) is 33.3 Å². The molecular weight excluding hydrogens is 450 g/mol. The molecule has 0 spiro atoms. The number of rotatable bonds is 9. The van der Waals surface area contributed by atoms with Gasteiger partial charge in [0.1, 0.15) is 5.75 Å². The fourth-order valence-corrected chi connectivity index (χ4v) is 5.87. The highest BCUT2D eigenvalue weighted by atomic mass is 32.2. The van der Waals surface area contributed by atoms with Crippen molar-refractivity contribution in [3.8, 4) is 6.07 Å². The van der Waals surface area contributed by atoms with Crippen molar-refractivity contribution in [2.45, 2.75) is 83.8 Å². The second-order valence-corrected chi connectivity index (χ2v) is 12.0. The molecule has 2 aromatic carbocycles. The van der Waals surface area contributed by atoms with E-state index in [2.05, 4.69) is 6.07 Å². The number of Topliss-reactive ketones (excluding diaryl/α,β-unsaturated/α-hetero) is 1. The largest absolute Gasteiger partial charge is 0.392 e. The van der Waals surface area contributed by atoms with Crippen LogP contribution < -0.4 is 0 Å². The van der Waals surface area contributed by atoms with Crippen LogP contribution in [0.1, 0.15) is 92.3 Å². The SMILES string of the molecule is Cc1cc(C(C)(C)O)c(CO)cc1S(=O)(=O)CC(=O)Cc1c(C(C)C)cc(C#N)cc1C(C)C. The lowest BCUT2D eigenvalue weighted by molar-refractivity contribution is -0.116. The maximum absolute atomic E-state index is 13.2. The maximum Gasteiger partial charge on any atom is 0.185 e. The van der Waals surface area contributed by atoms with Crippen molar-refractivity contribution in [2.75, 3.05) is 5.75 Å². The molecule has 0 fully saturated rings. The number of hydrogen-bond donors (Lipinski definition) is 2. The first-order chi connectivity index (χ1) is 15.6. The van der Waals surface area contributed by atoms with Gasteiger partial charge >= 0.3 is 0 Å². The molecule has 7 heteroatoms. The Hall–Kier alpha value is -2.53. The van der Waals surface area contributed by atoms with E-state index in [1.807, 2.05) is 27.7 Å². The van der Waals surface area contributed by atoms with Gasteiger partial charge in [-0.25, -0.2) is 8.42 Å². The summed E-state index contributed by atoms with van der Waals surface area (Å²) in [5.74, 6) is -0.983. The Bertz CT molecular complexity index is 1200. The average molecular weight is 486 g/mol. The van der Waals surface area contributed by atoms with Crippen LogP contribution in [0.4, 0.5) is 0 Å². The molecule has 2 rings (SSSR count). The van der Waals surface area contributed by atoms with Gasteiger partial charge in [-0.2, -0.15) is 5.26 Å². The smallest absolute Gasteiger partial charge is 0.185 e. The normalized spacial score (nSPS) is 12.3. The van der Waals surface area contributed by atoms with Crippen LogP contribution >= 0.6 is 0 Å². The second-order valence-electron chi connectivity index (χ2n) is 10.0. The van der Waals surface area contributed by atoms with Gasteiger partial charge in [-0.3, -0.25) is 4.79 Å². The molecule has 0 amide bonds. The van der Waals surface area contributed by atoms with E-state index in [1.165, 1.54) is 6.07 Å². The number of carbonyl (C=O) groups is 1. The highest BCUT2D eigenvalue weighted by Gasteiger charge is 2.28. The average Bonchev–Trinajstić information content (AvgIpc) is 2.71. The molecular formula is C27H35NO5S. The molecule has 0 unspecified atom stereocenters. The highest BCUT2D eigenvalue weighted by Crippen LogP contribution is 2.32. The molecule has 0 atom stereocenters. The maximum atomic E-state index is 13.2. The number of benzene rings is 2. The van der Waals surface area contributed by atoms with Crippen LogP contribution in [0.5, 0.6) is 0 Å². The van der Waals surface area contributed by atoms with Crippen LogP contribution in [0.15, 0.2) is 29.2 Å². The molecule has 0 aliphatic heterocycles. The lowest BCUT2D eigenvalue weighted by Gasteiger charge is -2.23. The molecule has 0 saturated heterocycles. The van der Waals surface area contributed by atoms with Crippen molar-refractivity contribution in [1.29, 1.82) is 5.26 Å². The number of aryl methyl sites for hydroxylation is 1. The van der Waals surface area contributed by atoms with Gasteiger partial charge in [0.15, 0.2) is 15.6 Å². The number of aliphatic hydroxyl groups is 2. The molecule has 0 bridgehead atoms. The Kier molecular flexibility index (Phi) is 8.47. The predicted octanol–water partition coefficient (Wildman–Crippen LogP) is 4.42. The van der Waals surface area contributed by atoms with Gasteiger partial charge in [-0.05, 0) is 84.2 Å². The molecule has 0 radical (unpaired) electrons. The second kappa shape index (κ2) is 10.4. The van der Waals surface area contributed by atoms with E-state index in [-0.39, 0.29) is 23.2 Å². The van der Waals surface area contributed by atoms with Crippen molar-refractivity contribution >= 4 is 15.6 Å². The minimum Gasteiger partial charge on any atom is -0.392 e. The van der Waals surface area contributed by atoms with Crippen molar-refractivity contribution < 1.29 is 23.4 Å². The number of sulfone groups is 1. The molecule has 0 aliphatic rings. The third kappa shape index (κ3) is 6.12. The summed E-state index contributed by atoms with van der Waals surface area (Å²) >= 11 is 0. The van der Waals surface area contributed by atoms with Crippen LogP contribution in [-0.4, -0.2) is 30.2 Å². The van der Waals surface area contributed by atoms with Crippen molar-refractivity contribution in [2.24, 2.45) is 0 Å². The van der Waals surface area contributed by atoms with E-state index in [1.54, 1.807) is 39.0 Å². The van der Waals surface area contributed by atoms with Gasteiger partial charge in [-0.1, -0.05) is 33.8 Å². The predicted molar refractivity (Wildman–Crippen MR) is 132 cm³/mol. The molecule has 2 N–H and O–H groups in total. The van der Waals surface area contributed by atoms with E-state index < -0.39 is 33.6 Å². The van der Waals surface area contributed by atoms with Crippen molar-refractivity contribution in [3.05, 3.63) is 63.2 Å². The van der Waals surface area contributed by atoms with Crippen LogP contribution in [0.2, 0.25) is 0 Å². The highest BCUT2D eigenvalue weighted by molar-refractivity contribution is 7.92. The third-order valence-corrected chi connectivity index (χ3v) is 7.79. The van der Waals surface area contributed by atoms with Gasteiger partial charge in [0.25, 0.3) is 0 Å².